The van der Waals surface area contributed by atoms with Gasteiger partial charge in [0.25, 0.3) is 0 Å². The van der Waals surface area contributed by atoms with Crippen LogP contribution in [0.2, 0.25) is 0 Å². The number of carbonyl (C=O) groups is 1. The molecule has 0 saturated heterocycles. The Morgan fingerprint density at radius 1 is 1.60 bits per heavy atom. The fourth-order valence-electron chi connectivity index (χ4n) is 0.278. The van der Waals surface area contributed by atoms with E-state index < -0.39 is 0 Å². The summed E-state index contributed by atoms with van der Waals surface area (Å²) in [7, 11) is 1.40. The van der Waals surface area contributed by atoms with Crippen LogP contribution >= 0.6 is 23.5 Å². The van der Waals surface area contributed by atoms with Crippen LogP contribution in [-0.2, 0) is 9.53 Å². The molecule has 0 aromatic heterocycles. The number of thioether (sulfide) groups is 2. The second-order valence-corrected chi connectivity index (χ2v) is 4.03. The molecule has 0 aliphatic heterocycles. The van der Waals surface area contributed by atoms with Gasteiger partial charge in [0.1, 0.15) is 0 Å². The van der Waals surface area contributed by atoms with E-state index in [-0.39, 0.29) is 5.97 Å². The molecule has 0 aliphatic rings. The molecule has 0 spiro atoms. The van der Waals surface area contributed by atoms with Crippen LogP contribution in [0.3, 0.4) is 0 Å². The molecule has 1 radical (unpaired) electrons. The van der Waals surface area contributed by atoms with E-state index in [1.165, 1.54) is 23.5 Å². The lowest BCUT2D eigenvalue weighted by Gasteiger charge is -2.03. The highest BCUT2D eigenvalue weighted by atomic mass is 32.2. The van der Waals surface area contributed by atoms with Gasteiger partial charge in [-0.3, -0.25) is 4.79 Å². The van der Waals surface area contributed by atoms with Gasteiger partial charge < -0.3 is 4.74 Å². The Bertz CT molecular complexity index is 106. The van der Waals surface area contributed by atoms with Crippen LogP contribution in [0.25, 0.3) is 0 Å². The molecule has 0 aromatic carbocycles. The SMILES string of the molecule is COC(=O)CS[C](C)SC. The molecular weight excluding hydrogens is 168 g/mol. The van der Waals surface area contributed by atoms with Crippen molar-refractivity contribution in [2.45, 2.75) is 6.92 Å². The Morgan fingerprint density at radius 3 is 2.60 bits per heavy atom. The van der Waals surface area contributed by atoms with E-state index in [0.29, 0.717) is 5.75 Å². The molecule has 0 N–H and O–H groups in total. The third kappa shape index (κ3) is 4.99. The van der Waals surface area contributed by atoms with Gasteiger partial charge >= 0.3 is 5.97 Å². The summed E-state index contributed by atoms with van der Waals surface area (Å²) in [6.07, 6.45) is 1.99. The van der Waals surface area contributed by atoms with E-state index in [1.807, 2.05) is 13.2 Å². The summed E-state index contributed by atoms with van der Waals surface area (Å²) in [4.78, 5) is 10.6. The average Bonchev–Trinajstić information content (AvgIpc) is 1.99. The number of ether oxygens (including phenoxy) is 1. The van der Waals surface area contributed by atoms with Crippen LogP contribution in [-0.4, -0.2) is 25.1 Å². The number of hydrogen-bond acceptors (Lipinski definition) is 4. The predicted molar refractivity (Wildman–Crippen MR) is 46.9 cm³/mol. The van der Waals surface area contributed by atoms with Gasteiger partial charge in [0, 0.05) is 0 Å². The molecule has 0 rings (SSSR count). The number of rotatable bonds is 4. The fraction of sp³-hybridized carbons (Fsp3) is 0.667. The summed E-state index contributed by atoms with van der Waals surface area (Å²) in [6.45, 7) is 1.98. The molecule has 0 atom stereocenters. The monoisotopic (exact) mass is 179 g/mol. The summed E-state index contributed by atoms with van der Waals surface area (Å²) >= 11 is 3.16. The highest BCUT2D eigenvalue weighted by molar-refractivity contribution is 8.20. The van der Waals surface area contributed by atoms with Crippen molar-refractivity contribution in [1.29, 1.82) is 0 Å². The molecule has 0 aromatic rings. The minimum absolute atomic E-state index is 0.168. The maximum Gasteiger partial charge on any atom is 0.315 e. The van der Waals surface area contributed by atoms with E-state index in [4.69, 9.17) is 0 Å². The standard InChI is InChI=1S/C6H11O2S2/c1-5(9-3)10-4-6(7)8-2/h4H2,1-3H3. The summed E-state index contributed by atoms with van der Waals surface area (Å²) in [6, 6.07) is 0. The molecule has 0 aliphatic carbocycles. The van der Waals surface area contributed by atoms with E-state index in [0.717, 1.165) is 0 Å². The van der Waals surface area contributed by atoms with Crippen molar-refractivity contribution in [3.05, 3.63) is 4.58 Å². The summed E-state index contributed by atoms with van der Waals surface area (Å²) in [5.41, 5.74) is 0. The van der Waals surface area contributed by atoms with Crippen LogP contribution in [0, 0.1) is 4.58 Å². The molecular formula is C6H11O2S2. The first-order valence-electron chi connectivity index (χ1n) is 2.78. The second kappa shape index (κ2) is 5.92. The van der Waals surface area contributed by atoms with Crippen LogP contribution < -0.4 is 0 Å². The maximum atomic E-state index is 10.6. The third-order valence-electron chi connectivity index (χ3n) is 0.908. The molecule has 2 nitrogen and oxygen atoms in total. The lowest BCUT2D eigenvalue weighted by molar-refractivity contribution is -0.137. The minimum Gasteiger partial charge on any atom is -0.468 e. The Kier molecular flexibility index (Phi) is 6.02. The first-order chi connectivity index (χ1) is 4.70. The predicted octanol–water partition coefficient (Wildman–Crippen LogP) is 1.76. The van der Waals surface area contributed by atoms with E-state index >= 15 is 0 Å². The average molecular weight is 179 g/mol. The van der Waals surface area contributed by atoms with Crippen LogP contribution in [0.15, 0.2) is 0 Å². The Hall–Kier alpha value is 0.170. The summed E-state index contributed by atoms with van der Waals surface area (Å²) in [5.74, 6) is 0.252. The van der Waals surface area contributed by atoms with Crippen LogP contribution in [0.4, 0.5) is 0 Å². The highest BCUT2D eigenvalue weighted by Crippen LogP contribution is 2.28. The minimum atomic E-state index is -0.168. The highest BCUT2D eigenvalue weighted by Gasteiger charge is 2.05. The Balaban J connectivity index is 3.26. The number of carbonyl (C=O) groups excluding carboxylic acids is 1. The molecule has 0 heterocycles. The van der Waals surface area contributed by atoms with Gasteiger partial charge in [0.2, 0.25) is 0 Å². The molecule has 0 unspecified atom stereocenters. The van der Waals surface area contributed by atoms with E-state index in [1.54, 1.807) is 11.8 Å². The molecule has 0 amide bonds. The zero-order valence-corrected chi connectivity index (χ0v) is 7.97. The van der Waals surface area contributed by atoms with Crippen molar-refractivity contribution in [1.82, 2.24) is 0 Å². The molecule has 0 fully saturated rings. The van der Waals surface area contributed by atoms with Crippen molar-refractivity contribution < 1.29 is 9.53 Å². The van der Waals surface area contributed by atoms with Gasteiger partial charge in [-0.1, -0.05) is 0 Å². The normalized spacial score (nSPS) is 10.0. The smallest absolute Gasteiger partial charge is 0.315 e. The first-order valence-corrected chi connectivity index (χ1v) is 4.99. The molecule has 10 heavy (non-hydrogen) atoms. The fourth-order valence-corrected chi connectivity index (χ4v) is 1.37. The van der Waals surface area contributed by atoms with Crippen molar-refractivity contribution >= 4 is 29.5 Å². The van der Waals surface area contributed by atoms with Gasteiger partial charge in [-0.15, -0.1) is 23.5 Å². The topological polar surface area (TPSA) is 26.3 Å². The second-order valence-electron chi connectivity index (χ2n) is 1.56. The molecule has 0 bridgehead atoms. The number of esters is 1. The van der Waals surface area contributed by atoms with E-state index in [9.17, 15) is 4.79 Å². The summed E-state index contributed by atoms with van der Waals surface area (Å²) in [5, 5.41) is 0. The Morgan fingerprint density at radius 2 is 2.20 bits per heavy atom. The maximum absolute atomic E-state index is 10.6. The zero-order valence-electron chi connectivity index (χ0n) is 6.34. The number of methoxy groups -OCH3 is 1. The molecule has 4 heteroatoms. The zero-order chi connectivity index (χ0) is 7.98. The van der Waals surface area contributed by atoms with Crippen LogP contribution in [0.5, 0.6) is 0 Å². The number of hydrogen-bond donors (Lipinski definition) is 0. The quantitative estimate of drug-likeness (QED) is 0.614. The van der Waals surface area contributed by atoms with Gasteiger partial charge in [-0.2, -0.15) is 0 Å². The van der Waals surface area contributed by atoms with Crippen molar-refractivity contribution in [3.63, 3.8) is 0 Å². The van der Waals surface area contributed by atoms with Crippen molar-refractivity contribution in [3.8, 4) is 0 Å². The molecule has 59 valence electrons. The van der Waals surface area contributed by atoms with Crippen LogP contribution in [0.1, 0.15) is 6.92 Å². The van der Waals surface area contributed by atoms with Gasteiger partial charge in [-0.25, -0.2) is 0 Å². The van der Waals surface area contributed by atoms with Crippen molar-refractivity contribution in [2.75, 3.05) is 19.1 Å². The largest absolute Gasteiger partial charge is 0.468 e. The van der Waals surface area contributed by atoms with E-state index in [2.05, 4.69) is 4.74 Å². The Labute approximate surface area is 70.1 Å². The third-order valence-corrected chi connectivity index (χ3v) is 3.12. The lowest BCUT2D eigenvalue weighted by Crippen LogP contribution is -2.03. The summed E-state index contributed by atoms with van der Waals surface area (Å²) < 4.78 is 5.65. The van der Waals surface area contributed by atoms with Gasteiger partial charge in [-0.05, 0) is 13.2 Å². The van der Waals surface area contributed by atoms with Crippen molar-refractivity contribution in [2.24, 2.45) is 0 Å². The lowest BCUT2D eigenvalue weighted by atomic mass is 10.8. The molecule has 0 saturated carbocycles. The van der Waals surface area contributed by atoms with Gasteiger partial charge in [0.05, 0.1) is 17.4 Å². The van der Waals surface area contributed by atoms with Gasteiger partial charge in [0.15, 0.2) is 0 Å². The first kappa shape index (κ1) is 10.2.